The third-order valence-electron chi connectivity index (χ3n) is 5.37. The Morgan fingerprint density at radius 1 is 1.03 bits per heavy atom. The molecule has 6 heteroatoms. The first-order valence-corrected chi connectivity index (χ1v) is 10.8. The van der Waals surface area contributed by atoms with Gasteiger partial charge in [-0.15, -0.1) is 11.3 Å². The van der Waals surface area contributed by atoms with Gasteiger partial charge in [-0.2, -0.15) is 0 Å². The average Bonchev–Trinajstić information content (AvgIpc) is 3.21. The van der Waals surface area contributed by atoms with Crippen LogP contribution in [0.5, 0.6) is 0 Å². The van der Waals surface area contributed by atoms with E-state index in [0.717, 1.165) is 46.5 Å². The minimum absolute atomic E-state index is 0.0704. The Balaban J connectivity index is 1.35. The van der Waals surface area contributed by atoms with E-state index in [1.165, 1.54) is 0 Å². The van der Waals surface area contributed by atoms with E-state index in [1.54, 1.807) is 11.3 Å². The number of thiazole rings is 1. The molecule has 0 saturated heterocycles. The second-order valence-electron chi connectivity index (χ2n) is 7.39. The van der Waals surface area contributed by atoms with Crippen molar-refractivity contribution in [2.24, 2.45) is 5.92 Å². The fourth-order valence-electron chi connectivity index (χ4n) is 3.85. The lowest BCUT2D eigenvalue weighted by Gasteiger charge is -2.28. The average molecular weight is 409 g/mol. The third-order valence-corrected chi connectivity index (χ3v) is 6.54. The Bertz CT molecular complexity index is 953. The first-order valence-electron chi connectivity index (χ1n) is 10.0. The number of aromatic nitrogens is 1. The second-order valence-corrected chi connectivity index (χ2v) is 8.45. The van der Waals surface area contributed by atoms with Crippen LogP contribution in [0.4, 0.5) is 0 Å². The lowest BCUT2D eigenvalue weighted by Crippen LogP contribution is -2.32. The van der Waals surface area contributed by atoms with E-state index in [9.17, 15) is 9.59 Å². The van der Waals surface area contributed by atoms with Gasteiger partial charge in [0.1, 0.15) is 0 Å². The van der Waals surface area contributed by atoms with E-state index < -0.39 is 0 Å². The number of nitrogens with zero attached hydrogens (tertiary/aromatic N) is 1. The maximum Gasteiger partial charge on any atom is 0.310 e. The number of amides is 1. The highest BCUT2D eigenvalue weighted by molar-refractivity contribution is 7.18. The minimum Gasteiger partial charge on any atom is -0.455 e. The summed E-state index contributed by atoms with van der Waals surface area (Å²) in [7, 11) is 0. The number of fused-ring (bicyclic) bond motifs is 1. The van der Waals surface area contributed by atoms with Gasteiger partial charge in [0.15, 0.2) is 6.61 Å². The van der Waals surface area contributed by atoms with Gasteiger partial charge in [0.25, 0.3) is 5.91 Å². The largest absolute Gasteiger partial charge is 0.455 e. The zero-order valence-electron chi connectivity index (χ0n) is 16.2. The zero-order valence-corrected chi connectivity index (χ0v) is 17.0. The lowest BCUT2D eigenvalue weighted by atomic mass is 9.79. The third kappa shape index (κ3) is 4.82. The van der Waals surface area contributed by atoms with Crippen molar-refractivity contribution in [1.29, 1.82) is 0 Å². The number of para-hydroxylation sites is 1. The molecule has 0 radical (unpaired) electrons. The van der Waals surface area contributed by atoms with Gasteiger partial charge in [0, 0.05) is 12.5 Å². The van der Waals surface area contributed by atoms with Crippen LogP contribution in [0, 0.1) is 5.92 Å². The van der Waals surface area contributed by atoms with Crippen LogP contribution in [0.25, 0.3) is 10.2 Å². The van der Waals surface area contributed by atoms with Crippen LogP contribution in [0.15, 0.2) is 54.6 Å². The number of ether oxygens (including phenoxy) is 1. The van der Waals surface area contributed by atoms with Gasteiger partial charge >= 0.3 is 5.97 Å². The summed E-state index contributed by atoms with van der Waals surface area (Å²) in [4.78, 5) is 29.6. The molecule has 0 bridgehead atoms. The number of rotatable bonds is 6. The highest BCUT2D eigenvalue weighted by Gasteiger charge is 2.35. The van der Waals surface area contributed by atoms with Crippen LogP contribution in [-0.4, -0.2) is 23.5 Å². The molecule has 150 valence electrons. The number of carbonyl (C=O) groups is 2. The molecule has 2 aromatic carbocycles. The van der Waals surface area contributed by atoms with Gasteiger partial charge in [0.05, 0.1) is 21.1 Å². The highest BCUT2D eigenvalue weighted by Crippen LogP contribution is 2.41. The van der Waals surface area contributed by atoms with Gasteiger partial charge in [-0.05, 0) is 30.5 Å². The van der Waals surface area contributed by atoms with E-state index in [2.05, 4.69) is 11.4 Å². The molecular weight excluding hydrogens is 384 g/mol. The van der Waals surface area contributed by atoms with Crippen molar-refractivity contribution in [1.82, 2.24) is 10.3 Å². The molecule has 0 spiro atoms. The topological polar surface area (TPSA) is 68.3 Å². The molecule has 1 amide bonds. The van der Waals surface area contributed by atoms with Crippen molar-refractivity contribution in [3.05, 3.63) is 65.2 Å². The summed E-state index contributed by atoms with van der Waals surface area (Å²) in [5.74, 6) is -0.731. The van der Waals surface area contributed by atoms with Crippen LogP contribution in [0.3, 0.4) is 0 Å². The van der Waals surface area contributed by atoms with E-state index in [0.29, 0.717) is 6.54 Å². The van der Waals surface area contributed by atoms with E-state index in [4.69, 9.17) is 9.72 Å². The monoisotopic (exact) mass is 408 g/mol. The smallest absolute Gasteiger partial charge is 0.310 e. The lowest BCUT2D eigenvalue weighted by molar-refractivity contribution is -0.154. The van der Waals surface area contributed by atoms with Crippen LogP contribution >= 0.6 is 11.3 Å². The summed E-state index contributed by atoms with van der Waals surface area (Å²) in [5, 5.41) is 3.79. The van der Waals surface area contributed by atoms with E-state index >= 15 is 0 Å². The first kappa shape index (κ1) is 19.6. The Morgan fingerprint density at radius 2 is 1.79 bits per heavy atom. The predicted molar refractivity (Wildman–Crippen MR) is 114 cm³/mol. The van der Waals surface area contributed by atoms with Gasteiger partial charge in [0.2, 0.25) is 0 Å². The van der Waals surface area contributed by atoms with Crippen LogP contribution in [0.1, 0.15) is 42.2 Å². The van der Waals surface area contributed by atoms with Crippen molar-refractivity contribution >= 4 is 33.4 Å². The minimum atomic E-state index is -0.288. The van der Waals surface area contributed by atoms with Crippen LogP contribution in [0.2, 0.25) is 0 Å². The van der Waals surface area contributed by atoms with Crippen molar-refractivity contribution in [2.45, 2.75) is 38.1 Å². The normalized spacial score (nSPS) is 19.0. The number of esters is 1. The first-order chi connectivity index (χ1) is 14.2. The standard InChI is InChI=1S/C23H24N2O3S/c26-21(24-14-16-8-2-1-3-9-16)15-28-23(27)18-11-5-4-10-17(18)22-25-19-12-6-7-13-20(19)29-22/h1-3,6-9,12-13,17-18H,4-5,10-11,14-15H2,(H,24,26)/t17-,18+/m1/s1. The summed E-state index contributed by atoms with van der Waals surface area (Å²) >= 11 is 1.66. The fourth-order valence-corrected chi connectivity index (χ4v) is 5.02. The Morgan fingerprint density at radius 3 is 2.62 bits per heavy atom. The van der Waals surface area contributed by atoms with Gasteiger partial charge < -0.3 is 10.1 Å². The molecular formula is C23H24N2O3S. The molecule has 1 N–H and O–H groups in total. The Kier molecular flexibility index (Phi) is 6.20. The quantitative estimate of drug-likeness (QED) is 0.613. The maximum absolute atomic E-state index is 12.8. The number of nitrogens with one attached hydrogen (secondary N) is 1. The highest BCUT2D eigenvalue weighted by atomic mass is 32.1. The summed E-state index contributed by atoms with van der Waals surface area (Å²) in [6.07, 6.45) is 3.80. The van der Waals surface area contributed by atoms with Gasteiger partial charge in [-0.1, -0.05) is 55.3 Å². The molecule has 1 heterocycles. The van der Waals surface area contributed by atoms with E-state index in [1.807, 2.05) is 48.5 Å². The Labute approximate surface area is 174 Å². The summed E-state index contributed by atoms with van der Waals surface area (Å²) < 4.78 is 6.52. The number of benzene rings is 2. The summed E-state index contributed by atoms with van der Waals surface area (Å²) in [6, 6.07) is 17.7. The molecule has 29 heavy (non-hydrogen) atoms. The number of carbonyl (C=O) groups excluding carboxylic acids is 2. The zero-order chi connectivity index (χ0) is 20.1. The molecule has 1 aliphatic carbocycles. The molecule has 4 rings (SSSR count). The molecule has 1 fully saturated rings. The fraction of sp³-hybridized carbons (Fsp3) is 0.348. The number of hydrogen-bond acceptors (Lipinski definition) is 5. The van der Waals surface area contributed by atoms with Crippen molar-refractivity contribution in [2.75, 3.05) is 6.61 Å². The molecule has 1 saturated carbocycles. The molecule has 0 unspecified atom stereocenters. The molecule has 1 aliphatic rings. The van der Waals surface area contributed by atoms with Gasteiger partial charge in [-0.3, -0.25) is 9.59 Å². The van der Waals surface area contributed by atoms with Gasteiger partial charge in [-0.25, -0.2) is 4.98 Å². The van der Waals surface area contributed by atoms with Crippen molar-refractivity contribution < 1.29 is 14.3 Å². The molecule has 1 aromatic heterocycles. The Hall–Kier alpha value is -2.73. The van der Waals surface area contributed by atoms with Crippen LogP contribution in [-0.2, 0) is 20.9 Å². The molecule has 2 atom stereocenters. The maximum atomic E-state index is 12.8. The number of hydrogen-bond donors (Lipinski definition) is 1. The van der Waals surface area contributed by atoms with Crippen LogP contribution < -0.4 is 5.32 Å². The summed E-state index contributed by atoms with van der Waals surface area (Å²) in [5.41, 5.74) is 1.99. The van der Waals surface area contributed by atoms with E-state index in [-0.39, 0.29) is 30.3 Å². The second kappa shape index (κ2) is 9.18. The van der Waals surface area contributed by atoms with Crippen molar-refractivity contribution in [3.8, 4) is 0 Å². The predicted octanol–water partition coefficient (Wildman–Crippen LogP) is 4.43. The SMILES string of the molecule is O=C(COC(=O)[C@H]1CCCC[C@H]1c1nc2ccccc2s1)NCc1ccccc1. The summed E-state index contributed by atoms with van der Waals surface area (Å²) in [6.45, 7) is 0.184. The molecule has 0 aliphatic heterocycles. The molecule has 5 nitrogen and oxygen atoms in total. The molecule has 3 aromatic rings. The van der Waals surface area contributed by atoms with Crippen molar-refractivity contribution in [3.63, 3.8) is 0 Å².